The quantitative estimate of drug-likeness (QED) is 0.857. The van der Waals surface area contributed by atoms with E-state index in [1.165, 1.54) is 11.3 Å². The van der Waals surface area contributed by atoms with Gasteiger partial charge in [0.1, 0.15) is 5.69 Å². The number of imidazole rings is 1. The Morgan fingerprint density at radius 3 is 2.71 bits per heavy atom. The average molecular weight is 308 g/mol. The Morgan fingerprint density at radius 2 is 2.10 bits per heavy atom. The fourth-order valence-electron chi connectivity index (χ4n) is 2.80. The van der Waals surface area contributed by atoms with Gasteiger partial charge in [-0.25, -0.2) is 4.98 Å². The molecule has 1 aliphatic heterocycles. The molecule has 3 rings (SSSR count). The van der Waals surface area contributed by atoms with Crippen LogP contribution in [0.2, 0.25) is 0 Å². The van der Waals surface area contributed by atoms with Crippen LogP contribution in [0.3, 0.4) is 0 Å². The molecular weight excluding hydrogens is 288 g/mol. The molecule has 1 fully saturated rings. The van der Waals surface area contributed by atoms with Crippen molar-refractivity contribution in [2.24, 2.45) is 0 Å². The Balaban J connectivity index is 1.73. The lowest BCUT2D eigenvalue weighted by Gasteiger charge is -2.37. The molecule has 1 aliphatic rings. The van der Waals surface area contributed by atoms with Crippen molar-refractivity contribution >= 4 is 28.4 Å². The molecular formula is C14H20N4O2S. The Kier molecular flexibility index (Phi) is 3.73. The first kappa shape index (κ1) is 14.5. The van der Waals surface area contributed by atoms with Crippen molar-refractivity contribution in [2.75, 3.05) is 37.6 Å². The number of aliphatic hydroxyl groups is 1. The third-order valence-electron chi connectivity index (χ3n) is 3.67. The van der Waals surface area contributed by atoms with Gasteiger partial charge in [-0.05, 0) is 13.8 Å². The molecule has 0 aliphatic carbocycles. The summed E-state index contributed by atoms with van der Waals surface area (Å²) in [4.78, 5) is 21.2. The fraction of sp³-hybridized carbons (Fsp3) is 0.571. The second-order valence-electron chi connectivity index (χ2n) is 6.07. The first-order valence-electron chi connectivity index (χ1n) is 7.08. The van der Waals surface area contributed by atoms with E-state index in [9.17, 15) is 9.90 Å². The van der Waals surface area contributed by atoms with Crippen molar-refractivity contribution in [3.8, 4) is 0 Å². The summed E-state index contributed by atoms with van der Waals surface area (Å²) in [6, 6.07) is 0. The summed E-state index contributed by atoms with van der Waals surface area (Å²) in [6.45, 7) is 7.70. The predicted octanol–water partition coefficient (Wildman–Crippen LogP) is 1.10. The van der Waals surface area contributed by atoms with Gasteiger partial charge in [0.15, 0.2) is 17.1 Å². The van der Waals surface area contributed by atoms with Crippen LogP contribution < -0.4 is 4.90 Å². The van der Waals surface area contributed by atoms with Crippen LogP contribution in [0.1, 0.15) is 24.3 Å². The molecule has 0 unspecified atom stereocenters. The predicted molar refractivity (Wildman–Crippen MR) is 83.4 cm³/mol. The zero-order valence-electron chi connectivity index (χ0n) is 12.3. The van der Waals surface area contributed by atoms with Gasteiger partial charge in [-0.2, -0.15) is 0 Å². The van der Waals surface area contributed by atoms with E-state index in [4.69, 9.17) is 0 Å². The van der Waals surface area contributed by atoms with Gasteiger partial charge in [0.2, 0.25) is 0 Å². The highest BCUT2D eigenvalue weighted by molar-refractivity contribution is 7.15. The summed E-state index contributed by atoms with van der Waals surface area (Å²) in [5, 5.41) is 11.8. The second kappa shape index (κ2) is 5.40. The highest BCUT2D eigenvalue weighted by Gasteiger charge is 2.25. The molecule has 0 aromatic carbocycles. The van der Waals surface area contributed by atoms with Crippen molar-refractivity contribution in [3.05, 3.63) is 17.3 Å². The van der Waals surface area contributed by atoms with Gasteiger partial charge >= 0.3 is 0 Å². The van der Waals surface area contributed by atoms with E-state index in [1.807, 2.05) is 29.8 Å². The van der Waals surface area contributed by atoms with Gasteiger partial charge in [-0.1, -0.05) is 0 Å². The highest BCUT2D eigenvalue weighted by Crippen LogP contribution is 2.24. The molecule has 21 heavy (non-hydrogen) atoms. The zero-order valence-corrected chi connectivity index (χ0v) is 13.1. The molecule has 2 aromatic rings. The molecule has 6 nitrogen and oxygen atoms in total. The first-order chi connectivity index (χ1) is 9.98. The number of hydrogen-bond donors (Lipinski definition) is 1. The van der Waals surface area contributed by atoms with E-state index >= 15 is 0 Å². The van der Waals surface area contributed by atoms with Crippen LogP contribution in [0.4, 0.5) is 5.82 Å². The number of rotatable bonds is 4. The molecule has 114 valence electrons. The number of fused-ring (bicyclic) bond motifs is 1. The number of aldehydes is 1. The van der Waals surface area contributed by atoms with Crippen molar-refractivity contribution in [3.63, 3.8) is 0 Å². The summed E-state index contributed by atoms with van der Waals surface area (Å²) in [6.07, 6.45) is 2.76. The van der Waals surface area contributed by atoms with Crippen LogP contribution in [0.25, 0.3) is 4.96 Å². The van der Waals surface area contributed by atoms with E-state index in [0.29, 0.717) is 12.2 Å². The third-order valence-corrected chi connectivity index (χ3v) is 4.43. The van der Waals surface area contributed by atoms with Crippen molar-refractivity contribution in [1.82, 2.24) is 14.3 Å². The lowest BCUT2D eigenvalue weighted by Crippen LogP contribution is -2.50. The molecule has 1 saturated heterocycles. The minimum Gasteiger partial charge on any atom is -0.389 e. The molecule has 0 atom stereocenters. The van der Waals surface area contributed by atoms with Gasteiger partial charge in [0.25, 0.3) is 0 Å². The third kappa shape index (κ3) is 2.95. The number of β-amino-alcohol motifs (C(OH)–C–C–N with tert-alkyl or cyclic N) is 1. The maximum absolute atomic E-state index is 11.4. The monoisotopic (exact) mass is 308 g/mol. The molecule has 0 saturated carbocycles. The number of piperazine rings is 1. The molecule has 0 spiro atoms. The maximum Gasteiger partial charge on any atom is 0.196 e. The minimum atomic E-state index is -0.673. The van der Waals surface area contributed by atoms with Crippen LogP contribution in [-0.2, 0) is 0 Å². The lowest BCUT2D eigenvalue weighted by molar-refractivity contribution is 0.0345. The number of carbonyl (C=O) groups is 1. The molecule has 3 heterocycles. The van der Waals surface area contributed by atoms with Gasteiger partial charge in [0.05, 0.1) is 5.60 Å². The van der Waals surface area contributed by atoms with Crippen LogP contribution in [-0.4, -0.2) is 64.0 Å². The van der Waals surface area contributed by atoms with Crippen LogP contribution in [0.15, 0.2) is 11.6 Å². The van der Waals surface area contributed by atoms with E-state index in [-0.39, 0.29) is 0 Å². The smallest absolute Gasteiger partial charge is 0.196 e. The largest absolute Gasteiger partial charge is 0.389 e. The molecule has 0 radical (unpaired) electrons. The van der Waals surface area contributed by atoms with Gasteiger partial charge in [-0.15, -0.1) is 11.3 Å². The van der Waals surface area contributed by atoms with Crippen LogP contribution in [0, 0.1) is 0 Å². The van der Waals surface area contributed by atoms with Crippen LogP contribution in [0.5, 0.6) is 0 Å². The normalized spacial score (nSPS) is 17.6. The van der Waals surface area contributed by atoms with Crippen LogP contribution >= 0.6 is 11.3 Å². The molecule has 1 N–H and O–H groups in total. The Hall–Kier alpha value is -1.44. The molecule has 0 bridgehead atoms. The second-order valence-corrected chi connectivity index (χ2v) is 6.94. The number of anilines is 1. The molecule has 7 heteroatoms. The number of carbonyl (C=O) groups excluding carboxylic acids is 1. The standard InChI is InChI=1S/C14H20N4O2S/c1-14(2,20)10-16-3-5-17(6-4-16)12-11(9-19)18-7-8-21-13(18)15-12/h7-9,20H,3-6,10H2,1-2H3. The fourth-order valence-corrected chi connectivity index (χ4v) is 3.52. The number of hydrogen-bond acceptors (Lipinski definition) is 6. The van der Waals surface area contributed by atoms with E-state index in [1.54, 1.807) is 0 Å². The Morgan fingerprint density at radius 1 is 1.38 bits per heavy atom. The Labute approximate surface area is 127 Å². The van der Waals surface area contributed by atoms with Gasteiger partial charge < -0.3 is 10.0 Å². The number of thiazole rings is 1. The lowest BCUT2D eigenvalue weighted by atomic mass is 10.1. The summed E-state index contributed by atoms with van der Waals surface area (Å²) in [5.41, 5.74) is -0.0464. The first-order valence-corrected chi connectivity index (χ1v) is 7.96. The van der Waals surface area contributed by atoms with Gasteiger partial charge in [0, 0.05) is 44.3 Å². The maximum atomic E-state index is 11.4. The topological polar surface area (TPSA) is 61.1 Å². The summed E-state index contributed by atoms with van der Waals surface area (Å²) < 4.78 is 1.84. The van der Waals surface area contributed by atoms with E-state index < -0.39 is 5.60 Å². The van der Waals surface area contributed by atoms with Crippen molar-refractivity contribution < 1.29 is 9.90 Å². The van der Waals surface area contributed by atoms with E-state index in [0.717, 1.165) is 43.2 Å². The Bertz CT molecular complexity index is 635. The zero-order chi connectivity index (χ0) is 15.0. The molecule has 2 aromatic heterocycles. The number of nitrogens with zero attached hydrogens (tertiary/aromatic N) is 4. The molecule has 0 amide bonds. The summed E-state index contributed by atoms with van der Waals surface area (Å²) >= 11 is 1.53. The number of aromatic nitrogens is 2. The van der Waals surface area contributed by atoms with E-state index in [2.05, 4.69) is 14.8 Å². The highest BCUT2D eigenvalue weighted by atomic mass is 32.1. The van der Waals surface area contributed by atoms with Crippen molar-refractivity contribution in [1.29, 1.82) is 0 Å². The van der Waals surface area contributed by atoms with Gasteiger partial charge in [-0.3, -0.25) is 14.1 Å². The summed E-state index contributed by atoms with van der Waals surface area (Å²) in [7, 11) is 0. The summed E-state index contributed by atoms with van der Waals surface area (Å²) in [5.74, 6) is 0.778. The average Bonchev–Trinajstić information content (AvgIpc) is 2.97. The SMILES string of the molecule is CC(C)(O)CN1CCN(c2nc3sccn3c2C=O)CC1. The minimum absolute atomic E-state index is 0.627. The van der Waals surface area contributed by atoms with Crippen molar-refractivity contribution in [2.45, 2.75) is 19.4 Å².